The van der Waals surface area contributed by atoms with Gasteiger partial charge in [-0.15, -0.1) is 5.10 Å². The van der Waals surface area contributed by atoms with Gasteiger partial charge in [-0.05, 0) is 99.0 Å². The van der Waals surface area contributed by atoms with Crippen molar-refractivity contribution < 1.29 is 14.3 Å². The molecule has 0 radical (unpaired) electrons. The van der Waals surface area contributed by atoms with Crippen molar-refractivity contribution >= 4 is 47.1 Å². The summed E-state index contributed by atoms with van der Waals surface area (Å²) in [4.78, 5) is 25.6. The molecule has 4 saturated carbocycles. The summed E-state index contributed by atoms with van der Waals surface area (Å²) in [6, 6.07) is 7.01. The predicted octanol–water partition coefficient (Wildman–Crippen LogP) is 5.33. The molecule has 4 fully saturated rings. The van der Waals surface area contributed by atoms with E-state index in [1.165, 1.54) is 30.6 Å². The number of carbonyl (C=O) groups excluding carboxylic acids is 2. The topological polar surface area (TPSA) is 61.2 Å². The lowest BCUT2D eigenvalue weighted by Crippen LogP contribution is -2.51. The van der Waals surface area contributed by atoms with Crippen LogP contribution < -0.4 is 0 Å². The molecule has 158 valence electrons. The van der Waals surface area contributed by atoms with Crippen molar-refractivity contribution in [3.63, 3.8) is 0 Å². The van der Waals surface area contributed by atoms with Gasteiger partial charge in [-0.3, -0.25) is 4.79 Å². The molecule has 4 bridgehead atoms. The van der Waals surface area contributed by atoms with Crippen molar-refractivity contribution in [1.82, 2.24) is 9.78 Å². The maximum atomic E-state index is 13.0. The highest BCUT2D eigenvalue weighted by molar-refractivity contribution is 8.00. The number of esters is 1. The Bertz CT molecular complexity index is 1010. The van der Waals surface area contributed by atoms with E-state index in [2.05, 4.69) is 5.10 Å². The van der Waals surface area contributed by atoms with Crippen LogP contribution in [0.4, 0.5) is 0 Å². The van der Waals surface area contributed by atoms with Gasteiger partial charge in [0.2, 0.25) is 0 Å². The summed E-state index contributed by atoms with van der Waals surface area (Å²) in [5, 5.41) is 4.46. The third kappa shape index (κ3) is 3.67. The van der Waals surface area contributed by atoms with E-state index in [4.69, 9.17) is 17.0 Å². The number of rotatable bonds is 6. The van der Waals surface area contributed by atoms with Gasteiger partial charge in [0, 0.05) is 5.41 Å². The van der Waals surface area contributed by atoms with Crippen LogP contribution in [0.25, 0.3) is 5.69 Å². The first-order valence-corrected chi connectivity index (χ1v) is 12.9. The van der Waals surface area contributed by atoms with Gasteiger partial charge in [-0.1, -0.05) is 23.1 Å². The molecule has 1 heterocycles. The minimum Gasteiger partial charge on any atom is -0.454 e. The summed E-state index contributed by atoms with van der Waals surface area (Å²) in [5.74, 6) is 1.78. The summed E-state index contributed by atoms with van der Waals surface area (Å²) < 4.78 is 8.69. The number of ether oxygens (including phenoxy) is 1. The highest BCUT2D eigenvalue weighted by Gasteiger charge is 2.54. The minimum atomic E-state index is -0.452. The van der Waals surface area contributed by atoms with E-state index in [-0.39, 0.29) is 17.8 Å². The van der Waals surface area contributed by atoms with Crippen LogP contribution in [0.15, 0.2) is 28.6 Å². The van der Waals surface area contributed by atoms with Crippen molar-refractivity contribution in [2.24, 2.45) is 23.2 Å². The smallest absolute Gasteiger partial charge is 0.338 e. The second-order valence-electron chi connectivity index (χ2n) is 8.99. The third-order valence-corrected chi connectivity index (χ3v) is 9.22. The molecule has 1 aromatic heterocycles. The number of benzene rings is 1. The zero-order valence-electron chi connectivity index (χ0n) is 16.8. The third-order valence-electron chi connectivity index (χ3n) is 7.02. The molecule has 5 nitrogen and oxygen atoms in total. The highest BCUT2D eigenvalue weighted by atomic mass is 32.2. The standard InChI is InChI=1S/C22H24N2O3S3/c1-29-20-23-24(21(28)30-20)17-4-2-16(3-5-17)19(26)27-12-18(25)22-9-13-6-14(10-22)8-15(7-13)11-22/h2-5,13-15H,6-12H2,1H3. The fraction of sp³-hybridized carbons (Fsp3) is 0.545. The first kappa shape index (κ1) is 20.4. The fourth-order valence-electron chi connectivity index (χ4n) is 6.06. The van der Waals surface area contributed by atoms with Crippen LogP contribution in [0.3, 0.4) is 0 Å². The summed E-state index contributed by atoms with van der Waals surface area (Å²) in [7, 11) is 0. The van der Waals surface area contributed by atoms with E-state index in [1.807, 2.05) is 6.26 Å². The molecule has 0 amide bonds. The maximum Gasteiger partial charge on any atom is 0.338 e. The molecule has 0 unspecified atom stereocenters. The predicted molar refractivity (Wildman–Crippen MR) is 120 cm³/mol. The van der Waals surface area contributed by atoms with Crippen molar-refractivity contribution in [2.45, 2.75) is 42.9 Å². The number of aromatic nitrogens is 2. The van der Waals surface area contributed by atoms with Gasteiger partial charge in [0.05, 0.1) is 11.3 Å². The largest absolute Gasteiger partial charge is 0.454 e. The number of Topliss-reactive ketones (excluding diaryl/α,β-unsaturated/α-hetero) is 1. The van der Waals surface area contributed by atoms with E-state index in [0.717, 1.165) is 29.3 Å². The van der Waals surface area contributed by atoms with Crippen LogP contribution in [0.1, 0.15) is 48.9 Å². The van der Waals surface area contributed by atoms with Crippen LogP contribution in [0, 0.1) is 27.1 Å². The number of carbonyl (C=O) groups is 2. The number of hydrogen-bond acceptors (Lipinski definition) is 7. The Morgan fingerprint density at radius 1 is 1.17 bits per heavy atom. The molecular weight excluding hydrogens is 436 g/mol. The Balaban J connectivity index is 1.23. The molecule has 30 heavy (non-hydrogen) atoms. The van der Waals surface area contributed by atoms with E-state index in [0.29, 0.717) is 27.3 Å². The Hall–Kier alpha value is -1.51. The van der Waals surface area contributed by atoms with Gasteiger partial charge in [-0.2, -0.15) is 0 Å². The molecule has 0 spiro atoms. The average Bonchev–Trinajstić information content (AvgIpc) is 3.11. The highest BCUT2D eigenvalue weighted by Crippen LogP contribution is 2.60. The second-order valence-corrected chi connectivity index (χ2v) is 11.7. The van der Waals surface area contributed by atoms with Crippen molar-refractivity contribution in [3.8, 4) is 5.69 Å². The summed E-state index contributed by atoms with van der Waals surface area (Å²) in [5.41, 5.74) is 1.01. The lowest BCUT2D eigenvalue weighted by atomic mass is 9.48. The van der Waals surface area contributed by atoms with Crippen LogP contribution in [0.5, 0.6) is 0 Å². The SMILES string of the molecule is CSc1nn(-c2ccc(C(=O)OCC(=O)C34CC5CC(CC(C5)C3)C4)cc2)c(=S)s1. The van der Waals surface area contributed by atoms with Gasteiger partial charge >= 0.3 is 5.97 Å². The number of ketones is 1. The number of nitrogens with zero attached hydrogens (tertiary/aromatic N) is 2. The molecule has 2 aromatic rings. The number of hydrogen-bond donors (Lipinski definition) is 0. The second kappa shape index (κ2) is 7.88. The van der Waals surface area contributed by atoms with Crippen LogP contribution >= 0.6 is 35.3 Å². The lowest BCUT2D eigenvalue weighted by molar-refractivity contribution is -0.147. The van der Waals surface area contributed by atoms with E-state index in [1.54, 1.807) is 40.7 Å². The average molecular weight is 461 g/mol. The van der Waals surface area contributed by atoms with Crippen LogP contribution in [0.2, 0.25) is 0 Å². The van der Waals surface area contributed by atoms with Gasteiger partial charge in [0.1, 0.15) is 0 Å². The maximum absolute atomic E-state index is 13.0. The lowest BCUT2D eigenvalue weighted by Gasteiger charge is -2.55. The van der Waals surface area contributed by atoms with Crippen molar-refractivity contribution in [2.75, 3.05) is 12.9 Å². The van der Waals surface area contributed by atoms with Crippen molar-refractivity contribution in [3.05, 3.63) is 33.8 Å². The van der Waals surface area contributed by atoms with Gasteiger partial charge in [-0.25, -0.2) is 9.48 Å². The van der Waals surface area contributed by atoms with Gasteiger partial charge in [0.25, 0.3) is 0 Å². The Morgan fingerprint density at radius 2 is 1.77 bits per heavy atom. The Labute approximate surface area is 189 Å². The van der Waals surface area contributed by atoms with Crippen LogP contribution in [-0.2, 0) is 9.53 Å². The van der Waals surface area contributed by atoms with Crippen LogP contribution in [-0.4, -0.2) is 34.4 Å². The molecule has 4 aliphatic carbocycles. The van der Waals surface area contributed by atoms with Gasteiger partial charge < -0.3 is 4.74 Å². The zero-order valence-corrected chi connectivity index (χ0v) is 19.3. The van der Waals surface area contributed by atoms with E-state index < -0.39 is 5.97 Å². The Morgan fingerprint density at radius 3 is 2.30 bits per heavy atom. The molecular formula is C22H24N2O3S3. The summed E-state index contributed by atoms with van der Waals surface area (Å²) in [6.07, 6.45) is 8.82. The quantitative estimate of drug-likeness (QED) is 0.330. The summed E-state index contributed by atoms with van der Waals surface area (Å²) >= 11 is 8.37. The molecule has 4 aliphatic rings. The monoisotopic (exact) mass is 460 g/mol. The molecule has 8 heteroatoms. The summed E-state index contributed by atoms with van der Waals surface area (Å²) in [6.45, 7) is -0.110. The molecule has 0 atom stereocenters. The normalized spacial score (nSPS) is 29.2. The fourth-order valence-corrected chi connectivity index (χ4v) is 7.84. The first-order valence-electron chi connectivity index (χ1n) is 10.4. The van der Waals surface area contributed by atoms with Crippen molar-refractivity contribution in [1.29, 1.82) is 0 Å². The van der Waals surface area contributed by atoms with Gasteiger partial charge in [0.15, 0.2) is 20.7 Å². The Kier molecular flexibility index (Phi) is 5.35. The minimum absolute atomic E-state index is 0.110. The molecule has 6 rings (SSSR count). The number of thioether (sulfide) groups is 1. The zero-order chi connectivity index (χ0) is 20.9. The molecule has 0 aliphatic heterocycles. The van der Waals surface area contributed by atoms with E-state index in [9.17, 15) is 9.59 Å². The van der Waals surface area contributed by atoms with E-state index >= 15 is 0 Å². The molecule has 0 N–H and O–H groups in total. The first-order chi connectivity index (χ1) is 14.5. The molecule has 1 aromatic carbocycles. The molecule has 0 saturated heterocycles.